The van der Waals surface area contributed by atoms with E-state index in [2.05, 4.69) is 9.47 Å². The van der Waals surface area contributed by atoms with E-state index >= 15 is 0 Å². The van der Waals surface area contributed by atoms with Gasteiger partial charge in [-0.2, -0.15) is 0 Å². The molecule has 0 amide bonds. The van der Waals surface area contributed by atoms with E-state index in [0.717, 1.165) is 0 Å². The van der Waals surface area contributed by atoms with E-state index in [1.807, 2.05) is 0 Å². The van der Waals surface area contributed by atoms with Gasteiger partial charge in [0.15, 0.2) is 0 Å². The molecule has 0 rings (SSSR count). The number of carbonyl (C=O) groups excluding carboxylic acids is 2. The van der Waals surface area contributed by atoms with Crippen LogP contribution in [0.5, 0.6) is 0 Å². The fraction of sp³-hybridized carbons (Fsp3) is 0.714. The van der Waals surface area contributed by atoms with Crippen molar-refractivity contribution in [3.05, 3.63) is 0 Å². The predicted octanol–water partition coefficient (Wildman–Crippen LogP) is 1.56. The lowest BCUT2D eigenvalue weighted by Crippen LogP contribution is -2.20. The zero-order chi connectivity index (χ0) is 9.56. The van der Waals surface area contributed by atoms with E-state index < -0.39 is 17.3 Å². The lowest BCUT2D eigenvalue weighted by atomic mass is 10.2. The van der Waals surface area contributed by atoms with Gasteiger partial charge < -0.3 is 9.47 Å². The van der Waals surface area contributed by atoms with Gasteiger partial charge in [0.25, 0.3) is 0 Å². The highest BCUT2D eigenvalue weighted by molar-refractivity contribution is 6.61. The van der Waals surface area contributed by atoms with Crippen LogP contribution in [0.3, 0.4) is 0 Å². The third kappa shape index (κ3) is 4.96. The van der Waals surface area contributed by atoms with E-state index in [0.29, 0.717) is 6.61 Å². The summed E-state index contributed by atoms with van der Waals surface area (Å²) < 4.78 is 9.06. The molecule has 70 valence electrons. The lowest BCUT2D eigenvalue weighted by molar-refractivity contribution is -0.148. The van der Waals surface area contributed by atoms with Crippen molar-refractivity contribution in [1.82, 2.24) is 0 Å². The Labute approximate surface area is 75.8 Å². The Kier molecular flexibility index (Phi) is 5.45. The summed E-state index contributed by atoms with van der Waals surface area (Å²) in [6.07, 6.45) is 0. The molecule has 5 heteroatoms. The quantitative estimate of drug-likeness (QED) is 0.504. The molecule has 0 aromatic rings. The molecule has 0 heterocycles. The van der Waals surface area contributed by atoms with Crippen molar-refractivity contribution in [2.75, 3.05) is 13.2 Å². The van der Waals surface area contributed by atoms with Crippen LogP contribution in [0.4, 0.5) is 4.79 Å². The van der Waals surface area contributed by atoms with Crippen LogP contribution in [0.1, 0.15) is 13.8 Å². The van der Waals surface area contributed by atoms with Crippen LogP contribution < -0.4 is 0 Å². The zero-order valence-corrected chi connectivity index (χ0v) is 7.76. The highest BCUT2D eigenvalue weighted by Crippen LogP contribution is 2.00. The van der Waals surface area contributed by atoms with Gasteiger partial charge >= 0.3 is 11.4 Å². The molecule has 0 bridgehead atoms. The molecule has 0 aliphatic rings. The second-order valence-electron chi connectivity index (χ2n) is 2.20. The molecule has 1 atom stereocenters. The second kappa shape index (κ2) is 5.83. The Morgan fingerprint density at radius 2 is 2.00 bits per heavy atom. The van der Waals surface area contributed by atoms with Crippen molar-refractivity contribution < 1.29 is 19.1 Å². The van der Waals surface area contributed by atoms with E-state index in [1.54, 1.807) is 13.8 Å². The average molecular weight is 195 g/mol. The smallest absolute Gasteiger partial charge is 0.403 e. The molecule has 0 aromatic heterocycles. The molecule has 0 radical (unpaired) electrons. The van der Waals surface area contributed by atoms with Crippen molar-refractivity contribution >= 4 is 23.0 Å². The normalized spacial score (nSPS) is 11.9. The standard InChI is InChI=1S/C7H11ClO4/c1-3-11-6(9)5(2)4-12-7(8)10/h5H,3-4H2,1-2H3. The van der Waals surface area contributed by atoms with Gasteiger partial charge in [0.2, 0.25) is 0 Å². The van der Waals surface area contributed by atoms with Gasteiger partial charge in [0.05, 0.1) is 12.5 Å². The molecule has 0 N–H and O–H groups in total. The third-order valence-corrected chi connectivity index (χ3v) is 1.24. The van der Waals surface area contributed by atoms with Crippen LogP contribution in [0.25, 0.3) is 0 Å². The summed E-state index contributed by atoms with van der Waals surface area (Å²) in [6.45, 7) is 3.58. The van der Waals surface area contributed by atoms with E-state index in [-0.39, 0.29) is 6.61 Å². The zero-order valence-electron chi connectivity index (χ0n) is 7.00. The van der Waals surface area contributed by atoms with E-state index in [4.69, 9.17) is 11.6 Å². The van der Waals surface area contributed by atoms with Crippen LogP contribution in [-0.2, 0) is 14.3 Å². The number of hydrogen-bond donors (Lipinski definition) is 0. The molecule has 0 aliphatic heterocycles. The summed E-state index contributed by atoms with van der Waals surface area (Å²) in [5.74, 6) is -0.858. The summed E-state index contributed by atoms with van der Waals surface area (Å²) in [4.78, 5) is 21.0. The maximum Gasteiger partial charge on any atom is 0.403 e. The average Bonchev–Trinajstić information content (AvgIpc) is 2.00. The summed E-state index contributed by atoms with van der Waals surface area (Å²) in [5, 5.41) is 0. The SMILES string of the molecule is CCOC(=O)C(C)COC(=O)Cl. The molecule has 0 aromatic carbocycles. The highest BCUT2D eigenvalue weighted by Gasteiger charge is 2.15. The Bertz CT molecular complexity index is 169. The van der Waals surface area contributed by atoms with Crippen molar-refractivity contribution in [1.29, 1.82) is 0 Å². The number of halogens is 1. The molecule has 0 aliphatic carbocycles. The first-order valence-corrected chi connectivity index (χ1v) is 3.94. The Morgan fingerprint density at radius 3 is 2.42 bits per heavy atom. The first-order chi connectivity index (χ1) is 5.57. The molecule has 1 unspecified atom stereocenters. The minimum Gasteiger partial charge on any atom is -0.466 e. The predicted molar refractivity (Wildman–Crippen MR) is 43.0 cm³/mol. The molecule has 4 nitrogen and oxygen atoms in total. The molecular weight excluding hydrogens is 184 g/mol. The van der Waals surface area contributed by atoms with Gasteiger partial charge in [-0.3, -0.25) is 4.79 Å². The van der Waals surface area contributed by atoms with Crippen LogP contribution >= 0.6 is 11.6 Å². The molecule has 0 spiro atoms. The maximum absolute atomic E-state index is 10.9. The van der Waals surface area contributed by atoms with Crippen molar-refractivity contribution in [2.24, 2.45) is 5.92 Å². The van der Waals surface area contributed by atoms with Crippen molar-refractivity contribution in [2.45, 2.75) is 13.8 Å². The summed E-state index contributed by atoms with van der Waals surface area (Å²) >= 11 is 4.89. The first kappa shape index (κ1) is 11.2. The summed E-state index contributed by atoms with van der Waals surface area (Å²) in [5.41, 5.74) is -0.911. The number of esters is 1. The van der Waals surface area contributed by atoms with Gasteiger partial charge in [-0.25, -0.2) is 4.79 Å². The highest BCUT2D eigenvalue weighted by atomic mass is 35.5. The van der Waals surface area contributed by atoms with Gasteiger partial charge in [-0.15, -0.1) is 0 Å². The summed E-state index contributed by atoms with van der Waals surface area (Å²) in [7, 11) is 0. The van der Waals surface area contributed by atoms with Crippen molar-refractivity contribution in [3.63, 3.8) is 0 Å². The van der Waals surface area contributed by atoms with Crippen LogP contribution in [0, 0.1) is 5.92 Å². The topological polar surface area (TPSA) is 52.6 Å². The Morgan fingerprint density at radius 1 is 1.42 bits per heavy atom. The first-order valence-electron chi connectivity index (χ1n) is 3.56. The van der Waals surface area contributed by atoms with E-state index in [1.165, 1.54) is 0 Å². The minimum atomic E-state index is -0.911. The fourth-order valence-corrected chi connectivity index (χ4v) is 0.606. The fourth-order valence-electron chi connectivity index (χ4n) is 0.543. The van der Waals surface area contributed by atoms with Crippen LogP contribution in [-0.4, -0.2) is 24.6 Å². The molecule has 0 saturated heterocycles. The number of hydrogen-bond acceptors (Lipinski definition) is 4. The molecule has 12 heavy (non-hydrogen) atoms. The van der Waals surface area contributed by atoms with Crippen molar-refractivity contribution in [3.8, 4) is 0 Å². The molecule has 0 saturated carbocycles. The molecular formula is C7H11ClO4. The van der Waals surface area contributed by atoms with Gasteiger partial charge in [0.1, 0.15) is 6.61 Å². The second-order valence-corrected chi connectivity index (χ2v) is 2.51. The summed E-state index contributed by atoms with van der Waals surface area (Å²) in [6, 6.07) is 0. The number of rotatable bonds is 4. The number of ether oxygens (including phenoxy) is 2. The van der Waals surface area contributed by atoms with Gasteiger partial charge in [-0.05, 0) is 13.8 Å². The lowest BCUT2D eigenvalue weighted by Gasteiger charge is -2.08. The maximum atomic E-state index is 10.9. The van der Waals surface area contributed by atoms with Gasteiger partial charge in [-0.1, -0.05) is 0 Å². The Balaban J connectivity index is 3.63. The van der Waals surface area contributed by atoms with Gasteiger partial charge in [0, 0.05) is 11.6 Å². The largest absolute Gasteiger partial charge is 0.466 e. The Hall–Kier alpha value is -0.770. The minimum absolute atomic E-state index is 0.0405. The van der Waals surface area contributed by atoms with Crippen LogP contribution in [0.2, 0.25) is 0 Å². The number of carbonyl (C=O) groups is 2. The third-order valence-electron chi connectivity index (χ3n) is 1.14. The monoisotopic (exact) mass is 194 g/mol. The van der Waals surface area contributed by atoms with E-state index in [9.17, 15) is 9.59 Å². The molecule has 0 fully saturated rings. The van der Waals surface area contributed by atoms with Crippen LogP contribution in [0.15, 0.2) is 0 Å².